The molecule has 0 aromatic heterocycles. The zero-order chi connectivity index (χ0) is 7.61. The van der Waals surface area contributed by atoms with Gasteiger partial charge in [-0.15, -0.1) is 0 Å². The molecule has 1 aliphatic rings. The van der Waals surface area contributed by atoms with Gasteiger partial charge in [0.15, 0.2) is 0 Å². The van der Waals surface area contributed by atoms with Gasteiger partial charge in [0, 0.05) is 6.42 Å². The number of hydrogen-bond acceptors (Lipinski definition) is 1. The molecule has 1 unspecified atom stereocenters. The monoisotopic (exact) mass is 202 g/mol. The first-order valence-corrected chi connectivity index (χ1v) is 3.96. The fourth-order valence-corrected chi connectivity index (χ4v) is 1.36. The van der Waals surface area contributed by atoms with Crippen LogP contribution in [0.5, 0.6) is 0 Å². The maximum Gasteiger partial charge on any atom is 0.102 e. The molecule has 0 fully saturated rings. The standard InChI is InChI=1S/C8H11BrO/c1-7-4-3-5-8(2,6-7)10-9/h3-5H,6H2,1-2H3. The lowest BCUT2D eigenvalue weighted by molar-refractivity contribution is 0.188. The zero-order valence-corrected chi connectivity index (χ0v) is 7.81. The summed E-state index contributed by atoms with van der Waals surface area (Å²) in [7, 11) is 0. The number of rotatable bonds is 1. The molecule has 0 spiro atoms. The first-order valence-electron chi connectivity index (χ1n) is 3.31. The van der Waals surface area contributed by atoms with Gasteiger partial charge in [-0.3, -0.25) is 3.83 Å². The smallest absolute Gasteiger partial charge is 0.102 e. The van der Waals surface area contributed by atoms with Gasteiger partial charge >= 0.3 is 0 Å². The van der Waals surface area contributed by atoms with Crippen molar-refractivity contribution in [2.75, 3.05) is 0 Å². The predicted octanol–water partition coefficient (Wildman–Crippen LogP) is 2.98. The highest BCUT2D eigenvalue weighted by atomic mass is 79.9. The minimum absolute atomic E-state index is 0.140. The first-order chi connectivity index (χ1) is 4.66. The van der Waals surface area contributed by atoms with E-state index >= 15 is 0 Å². The molecule has 1 aliphatic carbocycles. The molecule has 0 saturated heterocycles. The second-order valence-electron chi connectivity index (χ2n) is 2.94. The van der Waals surface area contributed by atoms with Crippen molar-refractivity contribution in [1.82, 2.24) is 0 Å². The van der Waals surface area contributed by atoms with E-state index in [9.17, 15) is 0 Å². The van der Waals surface area contributed by atoms with Gasteiger partial charge in [-0.05, 0) is 13.8 Å². The second-order valence-corrected chi connectivity index (χ2v) is 3.26. The Kier molecular flexibility index (Phi) is 2.32. The van der Waals surface area contributed by atoms with Gasteiger partial charge in [0.25, 0.3) is 0 Å². The van der Waals surface area contributed by atoms with E-state index in [1.165, 1.54) is 5.57 Å². The molecular formula is C8H11BrO. The Balaban J connectivity index is 2.71. The lowest BCUT2D eigenvalue weighted by atomic mass is 9.93. The van der Waals surface area contributed by atoms with Crippen molar-refractivity contribution in [2.45, 2.75) is 25.9 Å². The summed E-state index contributed by atoms with van der Waals surface area (Å²) >= 11 is 3.02. The molecule has 1 nitrogen and oxygen atoms in total. The van der Waals surface area contributed by atoms with Crippen LogP contribution < -0.4 is 0 Å². The van der Waals surface area contributed by atoms with Gasteiger partial charge in [0.05, 0.1) is 16.3 Å². The van der Waals surface area contributed by atoms with Crippen LogP contribution in [0.3, 0.4) is 0 Å². The van der Waals surface area contributed by atoms with Crippen LogP contribution in [-0.4, -0.2) is 5.60 Å². The average molecular weight is 203 g/mol. The summed E-state index contributed by atoms with van der Waals surface area (Å²) in [5.74, 6) is 0. The molecule has 0 aliphatic heterocycles. The lowest BCUT2D eigenvalue weighted by Crippen LogP contribution is -2.23. The molecule has 0 amide bonds. The molecule has 0 N–H and O–H groups in total. The largest absolute Gasteiger partial charge is 0.297 e. The van der Waals surface area contributed by atoms with E-state index in [-0.39, 0.29) is 5.60 Å². The Morgan fingerprint density at radius 3 is 2.80 bits per heavy atom. The summed E-state index contributed by atoms with van der Waals surface area (Å²) in [5.41, 5.74) is 1.21. The van der Waals surface area contributed by atoms with E-state index in [1.807, 2.05) is 6.08 Å². The van der Waals surface area contributed by atoms with Gasteiger partial charge in [-0.25, -0.2) is 0 Å². The Bertz CT molecular complexity index is 184. The van der Waals surface area contributed by atoms with Crippen molar-refractivity contribution in [2.24, 2.45) is 0 Å². The second kappa shape index (κ2) is 2.89. The van der Waals surface area contributed by atoms with Crippen molar-refractivity contribution in [1.29, 1.82) is 0 Å². The van der Waals surface area contributed by atoms with Crippen molar-refractivity contribution >= 4 is 16.3 Å². The topological polar surface area (TPSA) is 9.23 Å². The van der Waals surface area contributed by atoms with Crippen LogP contribution in [0.2, 0.25) is 0 Å². The molecule has 10 heavy (non-hydrogen) atoms. The first kappa shape index (κ1) is 8.02. The highest BCUT2D eigenvalue weighted by Gasteiger charge is 2.22. The summed E-state index contributed by atoms with van der Waals surface area (Å²) in [6.45, 7) is 4.16. The van der Waals surface area contributed by atoms with Gasteiger partial charge in [0.1, 0.15) is 5.60 Å². The van der Waals surface area contributed by atoms with Crippen LogP contribution in [0, 0.1) is 0 Å². The molecule has 1 atom stereocenters. The zero-order valence-electron chi connectivity index (χ0n) is 6.23. The normalized spacial score (nSPS) is 32.1. The third-order valence-electron chi connectivity index (χ3n) is 1.64. The lowest BCUT2D eigenvalue weighted by Gasteiger charge is -2.24. The van der Waals surface area contributed by atoms with Gasteiger partial charge in [-0.2, -0.15) is 0 Å². The van der Waals surface area contributed by atoms with Crippen molar-refractivity contribution in [3.05, 3.63) is 23.8 Å². The molecule has 0 radical (unpaired) electrons. The van der Waals surface area contributed by atoms with E-state index in [0.717, 1.165) is 6.42 Å². The SMILES string of the molecule is CC1=CC=CC(C)(OBr)C1. The summed E-state index contributed by atoms with van der Waals surface area (Å²) in [4.78, 5) is 0. The minimum atomic E-state index is -0.140. The fourth-order valence-electron chi connectivity index (χ4n) is 1.14. The van der Waals surface area contributed by atoms with Crippen LogP contribution in [-0.2, 0) is 3.83 Å². The molecule has 56 valence electrons. The summed E-state index contributed by atoms with van der Waals surface area (Å²) in [5, 5.41) is 0. The Hall–Kier alpha value is -0.0800. The van der Waals surface area contributed by atoms with Crippen LogP contribution in [0.25, 0.3) is 0 Å². The summed E-state index contributed by atoms with van der Waals surface area (Å²) in [6.07, 6.45) is 7.15. The van der Waals surface area contributed by atoms with Gasteiger partial charge < -0.3 is 0 Å². The molecule has 0 heterocycles. The molecule has 0 bridgehead atoms. The molecular weight excluding hydrogens is 192 g/mol. The maximum atomic E-state index is 5.13. The third kappa shape index (κ3) is 1.70. The third-order valence-corrected chi connectivity index (χ3v) is 2.38. The van der Waals surface area contributed by atoms with Crippen LogP contribution in [0.1, 0.15) is 20.3 Å². The van der Waals surface area contributed by atoms with Crippen LogP contribution in [0.4, 0.5) is 0 Å². The molecule has 0 saturated carbocycles. The number of halogens is 1. The van der Waals surface area contributed by atoms with Gasteiger partial charge in [0.2, 0.25) is 0 Å². The van der Waals surface area contributed by atoms with Crippen molar-refractivity contribution in [3.8, 4) is 0 Å². The average Bonchev–Trinajstić information content (AvgIpc) is 1.88. The fraction of sp³-hybridized carbons (Fsp3) is 0.500. The van der Waals surface area contributed by atoms with Gasteiger partial charge in [-0.1, -0.05) is 23.8 Å². The van der Waals surface area contributed by atoms with Crippen LogP contribution in [0.15, 0.2) is 23.8 Å². The summed E-state index contributed by atoms with van der Waals surface area (Å²) in [6, 6.07) is 0. The van der Waals surface area contributed by atoms with Crippen molar-refractivity contribution in [3.63, 3.8) is 0 Å². The Morgan fingerprint density at radius 2 is 2.40 bits per heavy atom. The predicted molar refractivity (Wildman–Crippen MR) is 45.9 cm³/mol. The molecule has 0 aromatic rings. The van der Waals surface area contributed by atoms with E-state index in [0.29, 0.717) is 0 Å². The van der Waals surface area contributed by atoms with Crippen LogP contribution >= 0.6 is 16.3 Å². The van der Waals surface area contributed by atoms with Crippen molar-refractivity contribution < 1.29 is 3.83 Å². The Labute approximate surface area is 70.2 Å². The Morgan fingerprint density at radius 1 is 1.70 bits per heavy atom. The maximum absolute atomic E-state index is 5.13. The number of hydrogen-bond donors (Lipinski definition) is 0. The van der Waals surface area contributed by atoms with E-state index in [4.69, 9.17) is 3.83 Å². The van der Waals surface area contributed by atoms with E-state index in [2.05, 4.69) is 42.3 Å². The quantitative estimate of drug-likeness (QED) is 0.636. The summed E-state index contributed by atoms with van der Waals surface area (Å²) < 4.78 is 5.13. The number of allylic oxidation sites excluding steroid dienone is 2. The molecule has 1 rings (SSSR count). The van der Waals surface area contributed by atoms with E-state index in [1.54, 1.807) is 0 Å². The molecule has 0 aromatic carbocycles. The molecule has 2 heteroatoms. The highest BCUT2D eigenvalue weighted by molar-refractivity contribution is 9.06. The highest BCUT2D eigenvalue weighted by Crippen LogP contribution is 2.27. The minimum Gasteiger partial charge on any atom is -0.297 e. The van der Waals surface area contributed by atoms with E-state index < -0.39 is 0 Å².